The van der Waals surface area contributed by atoms with E-state index in [-0.39, 0.29) is 5.04 Å². The number of alkyl halides is 1. The van der Waals surface area contributed by atoms with Crippen LogP contribution in [0.5, 0.6) is 0 Å². The van der Waals surface area contributed by atoms with Crippen LogP contribution < -0.4 is 10.4 Å². The molecule has 0 fully saturated rings. The van der Waals surface area contributed by atoms with Gasteiger partial charge in [-0.05, 0) is 21.3 Å². The normalized spacial score (nSPS) is 13.8. The van der Waals surface area contributed by atoms with Gasteiger partial charge in [-0.1, -0.05) is 111 Å². The summed E-state index contributed by atoms with van der Waals surface area (Å²) in [5, 5.41) is 2.79. The molecule has 1 nitrogen and oxygen atoms in total. The van der Waals surface area contributed by atoms with Crippen molar-refractivity contribution in [3.05, 3.63) is 60.7 Å². The average Bonchev–Trinajstić information content (AvgIpc) is 2.56. The van der Waals surface area contributed by atoms with E-state index in [0.29, 0.717) is 5.92 Å². The Hall–Kier alpha value is -0.653. The van der Waals surface area contributed by atoms with Gasteiger partial charge in [-0.3, -0.25) is 0 Å². The minimum Gasteiger partial charge on any atom is -0.407 e. The fourth-order valence-corrected chi connectivity index (χ4v) is 8.02. The third-order valence-corrected chi connectivity index (χ3v) is 10.8. The maximum absolute atomic E-state index is 6.85. The first-order chi connectivity index (χ1) is 10.9. The molecule has 0 saturated carbocycles. The van der Waals surface area contributed by atoms with E-state index in [1.54, 1.807) is 0 Å². The fraction of sp³-hybridized carbons (Fsp3) is 0.400. The summed E-state index contributed by atoms with van der Waals surface area (Å²) in [6.07, 6.45) is 0. The van der Waals surface area contributed by atoms with E-state index in [0.717, 1.165) is 11.0 Å². The van der Waals surface area contributed by atoms with Crippen LogP contribution in [0.3, 0.4) is 0 Å². The van der Waals surface area contributed by atoms with Gasteiger partial charge in [0.2, 0.25) is 0 Å². The van der Waals surface area contributed by atoms with E-state index < -0.39 is 8.32 Å². The summed E-state index contributed by atoms with van der Waals surface area (Å²) in [7, 11) is -2.33. The van der Waals surface area contributed by atoms with Crippen LogP contribution in [0.2, 0.25) is 5.04 Å². The second-order valence-corrected chi connectivity index (χ2v) is 12.4. The average molecular weight is 438 g/mol. The molecule has 0 aromatic heterocycles. The van der Waals surface area contributed by atoms with E-state index in [9.17, 15) is 0 Å². The Kier molecular flexibility index (Phi) is 6.46. The smallest absolute Gasteiger partial charge is 0.261 e. The van der Waals surface area contributed by atoms with Gasteiger partial charge in [0.15, 0.2) is 0 Å². The molecular weight excluding hydrogens is 411 g/mol. The first kappa shape index (κ1) is 18.7. The van der Waals surface area contributed by atoms with E-state index in [2.05, 4.69) is 111 Å². The van der Waals surface area contributed by atoms with Gasteiger partial charge in [0.25, 0.3) is 8.32 Å². The topological polar surface area (TPSA) is 9.23 Å². The first-order valence-electron chi connectivity index (χ1n) is 8.23. The molecule has 0 heterocycles. The van der Waals surface area contributed by atoms with Crippen LogP contribution in [0.4, 0.5) is 0 Å². The fourth-order valence-electron chi connectivity index (χ4n) is 3.07. The molecule has 0 radical (unpaired) electrons. The monoisotopic (exact) mass is 438 g/mol. The van der Waals surface area contributed by atoms with E-state index in [1.807, 2.05) is 0 Å². The molecule has 3 heteroatoms. The second-order valence-electron chi connectivity index (χ2n) is 7.23. The van der Waals surface area contributed by atoms with Crippen molar-refractivity contribution in [3.8, 4) is 0 Å². The number of halogens is 1. The van der Waals surface area contributed by atoms with Gasteiger partial charge in [0.1, 0.15) is 0 Å². The molecule has 2 rings (SSSR count). The molecule has 2 aromatic rings. The quantitative estimate of drug-likeness (QED) is 0.363. The van der Waals surface area contributed by atoms with E-state index in [1.165, 1.54) is 10.4 Å². The molecule has 0 saturated heterocycles. The van der Waals surface area contributed by atoms with Crippen LogP contribution in [0.25, 0.3) is 0 Å². The minimum absolute atomic E-state index is 0.0701. The lowest BCUT2D eigenvalue weighted by atomic mass is 10.2. The Balaban J connectivity index is 2.60. The van der Waals surface area contributed by atoms with Crippen molar-refractivity contribution in [2.45, 2.75) is 32.7 Å². The molecule has 0 bridgehead atoms. The largest absolute Gasteiger partial charge is 0.407 e. The summed E-state index contributed by atoms with van der Waals surface area (Å²) in [4.78, 5) is 0. The van der Waals surface area contributed by atoms with Crippen LogP contribution in [-0.2, 0) is 4.43 Å². The lowest BCUT2D eigenvalue weighted by Gasteiger charge is -2.43. The molecule has 0 N–H and O–H groups in total. The zero-order valence-electron chi connectivity index (χ0n) is 14.6. The van der Waals surface area contributed by atoms with Gasteiger partial charge in [-0.2, -0.15) is 0 Å². The van der Waals surface area contributed by atoms with Crippen LogP contribution in [-0.4, -0.2) is 19.4 Å². The summed E-state index contributed by atoms with van der Waals surface area (Å²) in [5.41, 5.74) is 0. The lowest BCUT2D eigenvalue weighted by molar-refractivity contribution is 0.258. The Morgan fingerprint density at radius 3 is 1.70 bits per heavy atom. The SMILES string of the molecule is C[C@H](CI)CO[Si](c1ccccc1)(c1ccccc1)C(C)(C)C. The van der Waals surface area contributed by atoms with Crippen molar-refractivity contribution in [2.24, 2.45) is 5.92 Å². The van der Waals surface area contributed by atoms with Crippen molar-refractivity contribution >= 4 is 41.3 Å². The molecule has 0 aliphatic heterocycles. The van der Waals surface area contributed by atoms with Crippen molar-refractivity contribution in [2.75, 3.05) is 11.0 Å². The third kappa shape index (κ3) is 4.06. The number of hydrogen-bond donors (Lipinski definition) is 0. The highest BCUT2D eigenvalue weighted by Crippen LogP contribution is 2.37. The maximum atomic E-state index is 6.85. The Morgan fingerprint density at radius 2 is 1.35 bits per heavy atom. The highest BCUT2D eigenvalue weighted by Gasteiger charge is 2.50. The molecule has 1 atom stereocenters. The van der Waals surface area contributed by atoms with Crippen molar-refractivity contribution in [1.82, 2.24) is 0 Å². The predicted molar refractivity (Wildman–Crippen MR) is 112 cm³/mol. The molecule has 23 heavy (non-hydrogen) atoms. The molecule has 0 aliphatic rings. The number of benzene rings is 2. The van der Waals surface area contributed by atoms with Gasteiger partial charge < -0.3 is 4.43 Å². The summed E-state index contributed by atoms with van der Waals surface area (Å²) < 4.78 is 7.97. The zero-order chi connectivity index (χ0) is 16.9. The number of hydrogen-bond acceptors (Lipinski definition) is 1. The van der Waals surface area contributed by atoms with Crippen LogP contribution in [0.15, 0.2) is 60.7 Å². The van der Waals surface area contributed by atoms with Crippen LogP contribution in [0.1, 0.15) is 27.7 Å². The summed E-state index contributed by atoms with van der Waals surface area (Å²) in [5.74, 6) is 0.567. The molecular formula is C20H27IOSi. The summed E-state index contributed by atoms with van der Waals surface area (Å²) >= 11 is 2.45. The van der Waals surface area contributed by atoms with Gasteiger partial charge >= 0.3 is 0 Å². The van der Waals surface area contributed by atoms with Gasteiger partial charge in [0, 0.05) is 11.0 Å². The third-order valence-electron chi connectivity index (χ3n) is 4.26. The molecule has 0 amide bonds. The maximum Gasteiger partial charge on any atom is 0.261 e. The predicted octanol–water partition coefficient (Wildman–Crippen LogP) is 4.63. The lowest BCUT2D eigenvalue weighted by Crippen LogP contribution is -2.66. The van der Waals surface area contributed by atoms with Crippen molar-refractivity contribution < 1.29 is 4.43 Å². The molecule has 2 aromatic carbocycles. The molecule has 0 aliphatic carbocycles. The molecule has 124 valence electrons. The first-order valence-corrected chi connectivity index (χ1v) is 11.7. The minimum atomic E-state index is -2.33. The van der Waals surface area contributed by atoms with Crippen LogP contribution in [0, 0.1) is 5.92 Å². The number of rotatable bonds is 6. The summed E-state index contributed by atoms with van der Waals surface area (Å²) in [6.45, 7) is 10.1. The summed E-state index contributed by atoms with van der Waals surface area (Å²) in [6, 6.07) is 21.7. The van der Waals surface area contributed by atoms with Gasteiger partial charge in [0.05, 0.1) is 0 Å². The second kappa shape index (κ2) is 7.95. The van der Waals surface area contributed by atoms with Crippen LogP contribution >= 0.6 is 22.6 Å². The highest BCUT2D eigenvalue weighted by atomic mass is 127. The Bertz CT molecular complexity index is 553. The van der Waals surface area contributed by atoms with E-state index in [4.69, 9.17) is 4.43 Å². The van der Waals surface area contributed by atoms with Crippen molar-refractivity contribution in [3.63, 3.8) is 0 Å². The highest BCUT2D eigenvalue weighted by molar-refractivity contribution is 14.1. The Morgan fingerprint density at radius 1 is 0.913 bits per heavy atom. The van der Waals surface area contributed by atoms with Gasteiger partial charge in [-0.25, -0.2) is 0 Å². The van der Waals surface area contributed by atoms with Crippen molar-refractivity contribution in [1.29, 1.82) is 0 Å². The molecule has 0 spiro atoms. The Labute approximate surface area is 155 Å². The zero-order valence-corrected chi connectivity index (χ0v) is 17.7. The molecule has 0 unspecified atom stereocenters. The van der Waals surface area contributed by atoms with Gasteiger partial charge in [-0.15, -0.1) is 0 Å². The van der Waals surface area contributed by atoms with E-state index >= 15 is 0 Å². The standard InChI is InChI=1S/C20H27IOSi/c1-17(15-21)16-22-23(20(2,3)4,18-11-7-5-8-12-18)19-13-9-6-10-14-19/h5-14,17H,15-16H2,1-4H3/t17-/m1/s1.